The fourth-order valence-corrected chi connectivity index (χ4v) is 1.57. The summed E-state index contributed by atoms with van der Waals surface area (Å²) in [6, 6.07) is 0. The molecule has 0 atom stereocenters. The van der Waals surface area contributed by atoms with Crippen LogP contribution in [0.3, 0.4) is 0 Å². The van der Waals surface area contributed by atoms with E-state index in [-0.39, 0.29) is 18.8 Å². The van der Waals surface area contributed by atoms with E-state index < -0.39 is 28.6 Å². The van der Waals surface area contributed by atoms with Gasteiger partial charge in [0.2, 0.25) is 11.6 Å². The van der Waals surface area contributed by atoms with Crippen molar-refractivity contribution in [2.24, 2.45) is 0 Å². The van der Waals surface area contributed by atoms with Gasteiger partial charge in [0.1, 0.15) is 12.2 Å². The Kier molecular flexibility index (Phi) is 5.50. The molecule has 0 aliphatic rings. The molecule has 1 amide bonds. The highest BCUT2D eigenvalue weighted by molar-refractivity contribution is 5.75. The van der Waals surface area contributed by atoms with Crippen molar-refractivity contribution >= 4 is 11.6 Å². The molecular weight excluding hydrogens is 278 g/mol. The summed E-state index contributed by atoms with van der Waals surface area (Å²) in [7, 11) is 1.46. The van der Waals surface area contributed by atoms with Crippen molar-refractivity contribution in [3.05, 3.63) is 21.5 Å². The Bertz CT molecular complexity index is 504. The molecule has 0 bridgehead atoms. The van der Waals surface area contributed by atoms with E-state index in [0.717, 1.165) is 4.68 Å². The third-order valence-corrected chi connectivity index (χ3v) is 2.51. The number of rotatable bonds is 7. The van der Waals surface area contributed by atoms with Crippen LogP contribution in [0.15, 0.2) is 0 Å². The van der Waals surface area contributed by atoms with Gasteiger partial charge < -0.3 is 10.1 Å². The Balaban J connectivity index is 2.88. The topological polar surface area (TPSA) is 99.3 Å². The van der Waals surface area contributed by atoms with E-state index in [1.807, 2.05) is 0 Å². The highest BCUT2D eigenvalue weighted by Gasteiger charge is 2.31. The molecule has 0 saturated carbocycles. The molecule has 0 spiro atoms. The maximum atomic E-state index is 12.7. The van der Waals surface area contributed by atoms with Gasteiger partial charge >= 0.3 is 5.69 Å². The number of amides is 1. The number of carbonyl (C=O) groups excluding carboxylic acids is 1. The number of aromatic nitrogens is 2. The number of hydrogen-bond donors (Lipinski definition) is 1. The van der Waals surface area contributed by atoms with Crippen LogP contribution in [0.4, 0.5) is 14.5 Å². The maximum Gasteiger partial charge on any atom is 0.319 e. The standard InChI is InChI=1S/C10H14F2N4O4/c1-6-9(16(18)19)8(10(11)12)14-15(6)5-7(17)13-3-4-20-2/h10H,3-5H2,1-2H3,(H,13,17). The van der Waals surface area contributed by atoms with Crippen LogP contribution in [0.2, 0.25) is 0 Å². The first-order valence-corrected chi connectivity index (χ1v) is 5.64. The van der Waals surface area contributed by atoms with Crippen molar-refractivity contribution in [3.63, 3.8) is 0 Å². The third kappa shape index (κ3) is 3.70. The predicted molar refractivity (Wildman–Crippen MR) is 63.5 cm³/mol. The van der Waals surface area contributed by atoms with Gasteiger partial charge in [0.25, 0.3) is 6.43 Å². The van der Waals surface area contributed by atoms with Gasteiger partial charge in [0, 0.05) is 13.7 Å². The first kappa shape index (κ1) is 16.0. The number of hydrogen-bond acceptors (Lipinski definition) is 5. The van der Waals surface area contributed by atoms with Gasteiger partial charge in [-0.25, -0.2) is 8.78 Å². The molecule has 0 aliphatic carbocycles. The fraction of sp³-hybridized carbons (Fsp3) is 0.600. The summed E-state index contributed by atoms with van der Waals surface area (Å²) in [6.45, 7) is 1.44. The number of nitrogens with one attached hydrogen (secondary N) is 1. The first-order chi connectivity index (χ1) is 9.38. The van der Waals surface area contributed by atoms with Crippen molar-refractivity contribution in [1.29, 1.82) is 0 Å². The zero-order valence-electron chi connectivity index (χ0n) is 10.9. The van der Waals surface area contributed by atoms with E-state index in [4.69, 9.17) is 4.74 Å². The van der Waals surface area contributed by atoms with E-state index in [9.17, 15) is 23.7 Å². The second-order valence-electron chi connectivity index (χ2n) is 3.88. The molecule has 20 heavy (non-hydrogen) atoms. The number of nitro groups is 1. The average molecular weight is 292 g/mol. The van der Waals surface area contributed by atoms with Crippen molar-refractivity contribution in [3.8, 4) is 0 Å². The van der Waals surface area contributed by atoms with Crippen molar-refractivity contribution in [2.75, 3.05) is 20.3 Å². The number of alkyl halides is 2. The molecule has 0 aromatic carbocycles. The summed E-state index contributed by atoms with van der Waals surface area (Å²) >= 11 is 0. The average Bonchev–Trinajstić information content (AvgIpc) is 2.67. The lowest BCUT2D eigenvalue weighted by atomic mass is 10.3. The maximum absolute atomic E-state index is 12.7. The molecule has 1 rings (SSSR count). The van der Waals surface area contributed by atoms with E-state index >= 15 is 0 Å². The Morgan fingerprint density at radius 2 is 2.25 bits per heavy atom. The summed E-state index contributed by atoms with van der Waals surface area (Å²) in [5.74, 6) is -0.497. The van der Waals surface area contributed by atoms with Crippen LogP contribution >= 0.6 is 0 Å². The van der Waals surface area contributed by atoms with Crippen LogP contribution in [-0.4, -0.2) is 40.9 Å². The van der Waals surface area contributed by atoms with Crippen molar-refractivity contribution in [2.45, 2.75) is 19.9 Å². The number of halogens is 2. The minimum Gasteiger partial charge on any atom is -0.383 e. The van der Waals surface area contributed by atoms with Gasteiger partial charge in [0.05, 0.1) is 11.5 Å². The number of carbonyl (C=O) groups is 1. The highest BCUT2D eigenvalue weighted by Crippen LogP contribution is 2.30. The molecule has 0 unspecified atom stereocenters. The van der Waals surface area contributed by atoms with Gasteiger partial charge in [0.15, 0.2) is 0 Å². The fourth-order valence-electron chi connectivity index (χ4n) is 1.57. The molecule has 0 aliphatic heterocycles. The van der Waals surface area contributed by atoms with Crippen LogP contribution in [0.25, 0.3) is 0 Å². The number of nitrogens with zero attached hydrogens (tertiary/aromatic N) is 3. The monoisotopic (exact) mass is 292 g/mol. The van der Waals surface area contributed by atoms with Gasteiger partial charge in [-0.1, -0.05) is 0 Å². The van der Waals surface area contributed by atoms with Gasteiger partial charge in [-0.15, -0.1) is 0 Å². The highest BCUT2D eigenvalue weighted by atomic mass is 19.3. The zero-order valence-corrected chi connectivity index (χ0v) is 10.9. The summed E-state index contributed by atoms with van der Waals surface area (Å²) in [4.78, 5) is 21.3. The zero-order chi connectivity index (χ0) is 15.3. The van der Waals surface area contributed by atoms with Crippen LogP contribution in [0.1, 0.15) is 17.8 Å². The van der Waals surface area contributed by atoms with Gasteiger partial charge in [-0.2, -0.15) is 5.10 Å². The SMILES string of the molecule is COCCNC(=O)Cn1nc(C(F)F)c([N+](=O)[O-])c1C. The summed E-state index contributed by atoms with van der Waals surface area (Å²) < 4.78 is 31.0. The Labute approximate surface area is 112 Å². The van der Waals surface area contributed by atoms with E-state index in [1.165, 1.54) is 14.0 Å². The van der Waals surface area contributed by atoms with Gasteiger partial charge in [-0.05, 0) is 6.92 Å². The molecule has 10 heteroatoms. The normalized spacial score (nSPS) is 10.8. The second-order valence-corrected chi connectivity index (χ2v) is 3.88. The van der Waals surface area contributed by atoms with Gasteiger partial charge in [-0.3, -0.25) is 19.6 Å². The molecule has 1 heterocycles. The van der Waals surface area contributed by atoms with E-state index in [2.05, 4.69) is 10.4 Å². The van der Waals surface area contributed by atoms with Crippen LogP contribution in [0.5, 0.6) is 0 Å². The molecule has 112 valence electrons. The molecule has 1 aromatic heterocycles. The third-order valence-electron chi connectivity index (χ3n) is 2.51. The smallest absolute Gasteiger partial charge is 0.319 e. The number of methoxy groups -OCH3 is 1. The van der Waals surface area contributed by atoms with Crippen LogP contribution in [-0.2, 0) is 16.1 Å². The second kappa shape index (κ2) is 6.89. The lowest BCUT2D eigenvalue weighted by Gasteiger charge is -2.05. The molecule has 0 saturated heterocycles. The summed E-state index contributed by atoms with van der Waals surface area (Å²) in [5.41, 5.74) is -1.78. The van der Waals surface area contributed by atoms with Crippen LogP contribution in [0, 0.1) is 17.0 Å². The molecule has 8 nitrogen and oxygen atoms in total. The lowest BCUT2D eigenvalue weighted by Crippen LogP contribution is -2.31. The quantitative estimate of drug-likeness (QED) is 0.455. The Morgan fingerprint density at radius 1 is 1.60 bits per heavy atom. The summed E-state index contributed by atoms with van der Waals surface area (Å²) in [6.07, 6.45) is -3.08. The minimum atomic E-state index is -3.08. The molecule has 1 N–H and O–H groups in total. The molecule has 0 fully saturated rings. The van der Waals surface area contributed by atoms with Crippen molar-refractivity contribution < 1.29 is 23.2 Å². The molecule has 1 aromatic rings. The van der Waals surface area contributed by atoms with E-state index in [0.29, 0.717) is 6.61 Å². The largest absolute Gasteiger partial charge is 0.383 e. The van der Waals surface area contributed by atoms with E-state index in [1.54, 1.807) is 0 Å². The lowest BCUT2D eigenvalue weighted by molar-refractivity contribution is -0.386. The summed E-state index contributed by atoms with van der Waals surface area (Å²) in [5, 5.41) is 16.7. The Hall–Kier alpha value is -2.10. The minimum absolute atomic E-state index is 0.0906. The molecular formula is C10H14F2N4O4. The van der Waals surface area contributed by atoms with Crippen molar-refractivity contribution in [1.82, 2.24) is 15.1 Å². The first-order valence-electron chi connectivity index (χ1n) is 5.64. The number of ether oxygens (including phenoxy) is 1. The Morgan fingerprint density at radius 3 is 2.70 bits per heavy atom. The predicted octanol–water partition coefficient (Wildman–Crippen LogP) is 0.800. The van der Waals surface area contributed by atoms with Crippen LogP contribution < -0.4 is 5.32 Å². The molecule has 0 radical (unpaired) electrons.